The van der Waals surface area contributed by atoms with E-state index in [1.807, 2.05) is 30.3 Å². The molecule has 5 nitrogen and oxygen atoms in total. The first kappa shape index (κ1) is 13.3. The van der Waals surface area contributed by atoms with Crippen LogP contribution in [0.15, 0.2) is 30.3 Å². The third-order valence-electron chi connectivity index (χ3n) is 3.67. The predicted octanol–water partition coefficient (Wildman–Crippen LogP) is 1.46. The number of rotatable bonds is 3. The lowest BCUT2D eigenvalue weighted by Gasteiger charge is -2.39. The molecule has 2 aliphatic heterocycles. The summed E-state index contributed by atoms with van der Waals surface area (Å²) in [5.41, 5.74) is 0.943. The zero-order valence-electron chi connectivity index (χ0n) is 11.0. The van der Waals surface area contributed by atoms with E-state index in [0.717, 1.165) is 5.56 Å². The van der Waals surface area contributed by atoms with Crippen LogP contribution in [0.1, 0.15) is 11.6 Å². The summed E-state index contributed by atoms with van der Waals surface area (Å²) in [6.45, 7) is 1.41. The molecule has 2 fully saturated rings. The Morgan fingerprint density at radius 2 is 2.15 bits per heavy atom. The summed E-state index contributed by atoms with van der Waals surface area (Å²) in [6.07, 6.45) is -2.02. The lowest BCUT2D eigenvalue weighted by Crippen LogP contribution is -2.49. The van der Waals surface area contributed by atoms with Crippen LogP contribution >= 0.6 is 0 Å². The normalized spacial score (nSPS) is 28.8. The minimum atomic E-state index is -1.19. The van der Waals surface area contributed by atoms with Gasteiger partial charge in [0.05, 0.1) is 25.8 Å². The van der Waals surface area contributed by atoms with Gasteiger partial charge in [0.2, 0.25) is 0 Å². The number of morpholine rings is 1. The molecular weight excluding hydrogens is 263 g/mol. The minimum Gasteiger partial charge on any atom is -0.442 e. The van der Waals surface area contributed by atoms with Gasteiger partial charge in [-0.25, -0.2) is 9.18 Å². The maximum atomic E-state index is 14.2. The molecule has 0 radical (unpaired) electrons. The number of alkyl halides is 1. The number of hydrogen-bond acceptors (Lipinski definition) is 4. The molecular formula is C14H17FN2O3. The predicted molar refractivity (Wildman–Crippen MR) is 69.9 cm³/mol. The van der Waals surface area contributed by atoms with Crippen LogP contribution in [0.5, 0.6) is 0 Å². The molecule has 0 aromatic heterocycles. The SMILES string of the molecule is O=C1NCC(C(c2ccccc2)N2CCOCC2F)O1. The first-order valence-corrected chi connectivity index (χ1v) is 6.72. The maximum absolute atomic E-state index is 14.2. The van der Waals surface area contributed by atoms with Crippen LogP contribution in [0.4, 0.5) is 9.18 Å². The molecule has 1 amide bonds. The standard InChI is InChI=1S/C14H17FN2O3/c15-12-9-19-7-6-17(12)13(10-4-2-1-3-5-10)11-8-16-14(18)20-11/h1-5,11-13H,6-9H2,(H,16,18). The van der Waals surface area contributed by atoms with Crippen molar-refractivity contribution in [1.82, 2.24) is 10.2 Å². The first-order chi connectivity index (χ1) is 9.75. The zero-order chi connectivity index (χ0) is 13.9. The summed E-state index contributed by atoms with van der Waals surface area (Å²) in [7, 11) is 0. The molecule has 3 unspecified atom stereocenters. The number of alkyl carbamates (subject to hydrolysis) is 1. The molecule has 1 aromatic carbocycles. The van der Waals surface area contributed by atoms with Crippen LogP contribution < -0.4 is 5.32 Å². The van der Waals surface area contributed by atoms with E-state index in [9.17, 15) is 9.18 Å². The van der Waals surface area contributed by atoms with Gasteiger partial charge >= 0.3 is 6.09 Å². The number of amides is 1. The van der Waals surface area contributed by atoms with E-state index in [-0.39, 0.29) is 18.8 Å². The summed E-state index contributed by atoms with van der Waals surface area (Å²) < 4.78 is 24.6. The number of ether oxygens (including phenoxy) is 2. The Morgan fingerprint density at radius 1 is 1.35 bits per heavy atom. The van der Waals surface area contributed by atoms with Gasteiger partial charge < -0.3 is 14.8 Å². The summed E-state index contributed by atoms with van der Waals surface area (Å²) in [6, 6.07) is 9.28. The third-order valence-corrected chi connectivity index (χ3v) is 3.67. The minimum absolute atomic E-state index is 0.0530. The van der Waals surface area contributed by atoms with E-state index in [2.05, 4.69) is 5.32 Å². The Balaban J connectivity index is 1.88. The highest BCUT2D eigenvalue weighted by molar-refractivity contribution is 5.69. The largest absolute Gasteiger partial charge is 0.442 e. The van der Waals surface area contributed by atoms with Gasteiger partial charge in [0.15, 0.2) is 6.30 Å². The monoisotopic (exact) mass is 280 g/mol. The van der Waals surface area contributed by atoms with Crippen molar-refractivity contribution in [3.8, 4) is 0 Å². The van der Waals surface area contributed by atoms with Gasteiger partial charge in [-0.05, 0) is 5.56 Å². The fraction of sp³-hybridized carbons (Fsp3) is 0.500. The molecule has 0 spiro atoms. The highest BCUT2D eigenvalue weighted by atomic mass is 19.1. The average Bonchev–Trinajstić information content (AvgIpc) is 2.89. The molecule has 108 valence electrons. The smallest absolute Gasteiger partial charge is 0.407 e. The lowest BCUT2D eigenvalue weighted by molar-refractivity contribution is -0.101. The third kappa shape index (κ3) is 2.62. The van der Waals surface area contributed by atoms with E-state index in [1.165, 1.54) is 0 Å². The Labute approximate surface area is 116 Å². The number of nitrogens with zero attached hydrogens (tertiary/aromatic N) is 1. The van der Waals surface area contributed by atoms with Crippen LogP contribution in [-0.4, -0.2) is 49.7 Å². The van der Waals surface area contributed by atoms with Gasteiger partial charge in [-0.3, -0.25) is 4.90 Å². The van der Waals surface area contributed by atoms with Crippen molar-refractivity contribution in [2.75, 3.05) is 26.3 Å². The van der Waals surface area contributed by atoms with Gasteiger partial charge in [0.1, 0.15) is 6.10 Å². The number of carbonyl (C=O) groups is 1. The zero-order valence-corrected chi connectivity index (χ0v) is 11.0. The van der Waals surface area contributed by atoms with E-state index in [4.69, 9.17) is 9.47 Å². The van der Waals surface area contributed by atoms with Gasteiger partial charge in [-0.1, -0.05) is 30.3 Å². The van der Waals surface area contributed by atoms with Crippen molar-refractivity contribution >= 4 is 6.09 Å². The Bertz CT molecular complexity index is 471. The molecule has 3 atom stereocenters. The molecule has 0 saturated carbocycles. The van der Waals surface area contributed by atoms with Gasteiger partial charge in [-0.15, -0.1) is 0 Å². The van der Waals surface area contributed by atoms with Crippen molar-refractivity contribution < 1.29 is 18.7 Å². The highest BCUT2D eigenvalue weighted by Gasteiger charge is 2.39. The Morgan fingerprint density at radius 3 is 2.80 bits per heavy atom. The quantitative estimate of drug-likeness (QED) is 0.852. The van der Waals surface area contributed by atoms with Crippen molar-refractivity contribution in [2.24, 2.45) is 0 Å². The van der Waals surface area contributed by atoms with Crippen molar-refractivity contribution in [1.29, 1.82) is 0 Å². The van der Waals surface area contributed by atoms with E-state index in [0.29, 0.717) is 19.7 Å². The van der Waals surface area contributed by atoms with E-state index in [1.54, 1.807) is 4.90 Å². The van der Waals surface area contributed by atoms with Gasteiger partial charge in [0.25, 0.3) is 0 Å². The highest BCUT2D eigenvalue weighted by Crippen LogP contribution is 2.31. The van der Waals surface area contributed by atoms with Crippen molar-refractivity contribution in [3.63, 3.8) is 0 Å². The van der Waals surface area contributed by atoms with Crippen LogP contribution in [0.2, 0.25) is 0 Å². The second-order valence-electron chi connectivity index (χ2n) is 4.93. The summed E-state index contributed by atoms with van der Waals surface area (Å²) in [4.78, 5) is 13.0. The van der Waals surface area contributed by atoms with Crippen LogP contribution in [0.25, 0.3) is 0 Å². The molecule has 0 bridgehead atoms. The second-order valence-corrected chi connectivity index (χ2v) is 4.93. The van der Waals surface area contributed by atoms with E-state index >= 15 is 0 Å². The molecule has 2 saturated heterocycles. The van der Waals surface area contributed by atoms with Crippen molar-refractivity contribution in [3.05, 3.63) is 35.9 Å². The number of cyclic esters (lactones) is 1. The number of halogens is 1. The molecule has 0 aliphatic carbocycles. The lowest BCUT2D eigenvalue weighted by atomic mass is 9.99. The second kappa shape index (κ2) is 5.76. The number of benzene rings is 1. The molecule has 3 rings (SSSR count). The number of carbonyl (C=O) groups excluding carboxylic acids is 1. The molecule has 6 heteroatoms. The average molecular weight is 280 g/mol. The Kier molecular flexibility index (Phi) is 3.84. The Hall–Kier alpha value is -1.66. The number of nitrogens with one attached hydrogen (secondary N) is 1. The molecule has 2 heterocycles. The molecule has 2 aliphatic rings. The van der Waals surface area contributed by atoms with Crippen LogP contribution in [0.3, 0.4) is 0 Å². The van der Waals surface area contributed by atoms with Gasteiger partial charge in [0, 0.05) is 6.54 Å². The number of hydrogen-bond donors (Lipinski definition) is 1. The fourth-order valence-corrected chi connectivity index (χ4v) is 2.75. The van der Waals surface area contributed by atoms with E-state index < -0.39 is 12.4 Å². The van der Waals surface area contributed by atoms with Crippen LogP contribution in [-0.2, 0) is 9.47 Å². The summed E-state index contributed by atoms with van der Waals surface area (Å²) in [5.74, 6) is 0. The van der Waals surface area contributed by atoms with Gasteiger partial charge in [-0.2, -0.15) is 0 Å². The fourth-order valence-electron chi connectivity index (χ4n) is 2.75. The maximum Gasteiger partial charge on any atom is 0.407 e. The molecule has 1 N–H and O–H groups in total. The first-order valence-electron chi connectivity index (χ1n) is 6.72. The topological polar surface area (TPSA) is 50.8 Å². The summed E-state index contributed by atoms with van der Waals surface area (Å²) in [5, 5.41) is 2.63. The molecule has 20 heavy (non-hydrogen) atoms. The van der Waals surface area contributed by atoms with Crippen LogP contribution in [0, 0.1) is 0 Å². The molecule has 1 aromatic rings. The summed E-state index contributed by atoms with van der Waals surface area (Å²) >= 11 is 0. The van der Waals surface area contributed by atoms with Crippen molar-refractivity contribution in [2.45, 2.75) is 18.4 Å².